The summed E-state index contributed by atoms with van der Waals surface area (Å²) in [7, 11) is 0. The van der Waals surface area contributed by atoms with Crippen molar-refractivity contribution in [2.75, 3.05) is 5.32 Å². The van der Waals surface area contributed by atoms with Crippen molar-refractivity contribution >= 4 is 23.1 Å². The van der Waals surface area contributed by atoms with Gasteiger partial charge in [0.15, 0.2) is 0 Å². The van der Waals surface area contributed by atoms with Crippen LogP contribution in [0.2, 0.25) is 5.28 Å². The van der Waals surface area contributed by atoms with Crippen LogP contribution < -0.4 is 5.32 Å². The number of aromatic nitrogens is 2. The van der Waals surface area contributed by atoms with Crippen molar-refractivity contribution in [3.05, 3.63) is 21.1 Å². The van der Waals surface area contributed by atoms with Crippen molar-refractivity contribution in [3.63, 3.8) is 0 Å². The Bertz CT molecular complexity index is 463. The Kier molecular flexibility index (Phi) is 4.45. The summed E-state index contributed by atoms with van der Waals surface area (Å²) in [5, 5.41) is 14.1. The van der Waals surface area contributed by atoms with Gasteiger partial charge >= 0.3 is 5.69 Å². The van der Waals surface area contributed by atoms with Gasteiger partial charge in [0, 0.05) is 5.54 Å². The maximum Gasteiger partial charge on any atom is 0.332 e. The van der Waals surface area contributed by atoms with Gasteiger partial charge < -0.3 is 5.32 Å². The number of halogens is 1. The summed E-state index contributed by atoms with van der Waals surface area (Å²) in [4.78, 5) is 18.3. The number of aryl methyl sites for hydroxylation is 1. The molecule has 0 saturated heterocycles. The Morgan fingerprint density at radius 3 is 2.56 bits per heavy atom. The van der Waals surface area contributed by atoms with Gasteiger partial charge in [-0.25, -0.2) is 4.98 Å². The molecule has 7 heteroatoms. The third kappa shape index (κ3) is 3.53. The van der Waals surface area contributed by atoms with E-state index >= 15 is 0 Å². The molecule has 0 fully saturated rings. The molecule has 0 aliphatic carbocycles. The van der Waals surface area contributed by atoms with Crippen molar-refractivity contribution in [1.82, 2.24) is 9.97 Å². The predicted molar refractivity (Wildman–Crippen MR) is 71.0 cm³/mol. The summed E-state index contributed by atoms with van der Waals surface area (Å²) in [6.07, 6.45) is 1.83. The molecule has 1 aromatic rings. The summed E-state index contributed by atoms with van der Waals surface area (Å²) < 4.78 is 0. The van der Waals surface area contributed by atoms with E-state index in [9.17, 15) is 10.1 Å². The summed E-state index contributed by atoms with van der Waals surface area (Å²) in [6.45, 7) is 7.52. The maximum absolute atomic E-state index is 11.0. The highest BCUT2D eigenvalue weighted by molar-refractivity contribution is 6.28. The molecule has 0 radical (unpaired) electrons. The highest BCUT2D eigenvalue weighted by atomic mass is 35.5. The average molecular weight is 273 g/mol. The summed E-state index contributed by atoms with van der Waals surface area (Å²) >= 11 is 5.75. The maximum atomic E-state index is 11.0. The van der Waals surface area contributed by atoms with Gasteiger partial charge in [-0.1, -0.05) is 13.3 Å². The number of nitrogens with one attached hydrogen (secondary N) is 1. The molecular formula is C11H17ClN4O2. The number of nitro groups is 1. The zero-order valence-electron chi connectivity index (χ0n) is 11.0. The zero-order valence-corrected chi connectivity index (χ0v) is 11.7. The van der Waals surface area contributed by atoms with Gasteiger partial charge in [-0.2, -0.15) is 4.98 Å². The van der Waals surface area contributed by atoms with E-state index < -0.39 is 4.92 Å². The monoisotopic (exact) mass is 272 g/mol. The van der Waals surface area contributed by atoms with Gasteiger partial charge in [-0.15, -0.1) is 0 Å². The van der Waals surface area contributed by atoms with Gasteiger partial charge in [0.2, 0.25) is 11.1 Å². The largest absolute Gasteiger partial charge is 0.359 e. The van der Waals surface area contributed by atoms with Crippen molar-refractivity contribution < 1.29 is 4.92 Å². The summed E-state index contributed by atoms with van der Waals surface area (Å²) in [6, 6.07) is 0. The molecule has 0 aliphatic heterocycles. The van der Waals surface area contributed by atoms with Gasteiger partial charge in [0.1, 0.15) is 5.69 Å². The van der Waals surface area contributed by atoms with Crippen LogP contribution in [0.15, 0.2) is 0 Å². The van der Waals surface area contributed by atoms with E-state index in [1.165, 1.54) is 0 Å². The second-order valence-corrected chi connectivity index (χ2v) is 5.13. The highest BCUT2D eigenvalue weighted by Crippen LogP contribution is 2.29. The van der Waals surface area contributed by atoms with E-state index in [0.29, 0.717) is 0 Å². The lowest BCUT2D eigenvalue weighted by atomic mass is 9.99. The van der Waals surface area contributed by atoms with Crippen molar-refractivity contribution in [3.8, 4) is 0 Å². The molecule has 18 heavy (non-hydrogen) atoms. The van der Waals surface area contributed by atoms with E-state index in [-0.39, 0.29) is 28.0 Å². The summed E-state index contributed by atoms with van der Waals surface area (Å²) in [5.74, 6) is 0.177. The third-order valence-corrected chi connectivity index (χ3v) is 2.71. The molecule has 0 spiro atoms. The second-order valence-electron chi connectivity index (χ2n) is 4.79. The Morgan fingerprint density at radius 1 is 1.44 bits per heavy atom. The molecule has 0 unspecified atom stereocenters. The van der Waals surface area contributed by atoms with Crippen LogP contribution in [0.4, 0.5) is 11.5 Å². The van der Waals surface area contributed by atoms with Crippen LogP contribution in [-0.4, -0.2) is 20.4 Å². The zero-order chi connectivity index (χ0) is 13.9. The van der Waals surface area contributed by atoms with Crippen molar-refractivity contribution in [1.29, 1.82) is 0 Å². The van der Waals surface area contributed by atoms with Crippen LogP contribution in [0.25, 0.3) is 0 Å². The van der Waals surface area contributed by atoms with Crippen LogP contribution >= 0.6 is 11.6 Å². The fraction of sp³-hybridized carbons (Fsp3) is 0.636. The first-order valence-electron chi connectivity index (χ1n) is 5.73. The molecule has 6 nitrogen and oxygen atoms in total. The number of hydrogen-bond acceptors (Lipinski definition) is 5. The molecule has 0 aliphatic rings. The van der Waals surface area contributed by atoms with Crippen LogP contribution in [0.1, 0.15) is 39.3 Å². The fourth-order valence-electron chi connectivity index (χ4n) is 1.85. The second kappa shape index (κ2) is 5.48. The number of nitrogens with zero attached hydrogens (tertiary/aromatic N) is 3. The molecule has 100 valence electrons. The molecular weight excluding hydrogens is 256 g/mol. The van der Waals surface area contributed by atoms with E-state index in [1.54, 1.807) is 6.92 Å². The first-order valence-corrected chi connectivity index (χ1v) is 6.11. The third-order valence-electron chi connectivity index (χ3n) is 2.55. The van der Waals surface area contributed by atoms with Crippen molar-refractivity contribution in [2.45, 2.75) is 46.1 Å². The van der Waals surface area contributed by atoms with E-state index in [2.05, 4.69) is 22.2 Å². The van der Waals surface area contributed by atoms with Gasteiger partial charge in [-0.3, -0.25) is 10.1 Å². The molecule has 1 aromatic heterocycles. The fourth-order valence-corrected chi connectivity index (χ4v) is 2.06. The molecule has 0 aromatic carbocycles. The normalized spacial score (nSPS) is 11.4. The topological polar surface area (TPSA) is 81.0 Å². The molecule has 1 heterocycles. The van der Waals surface area contributed by atoms with Crippen LogP contribution in [-0.2, 0) is 0 Å². The van der Waals surface area contributed by atoms with Crippen LogP contribution in [0.5, 0.6) is 0 Å². The Morgan fingerprint density at radius 2 is 2.06 bits per heavy atom. The number of hydrogen-bond donors (Lipinski definition) is 1. The first-order chi connectivity index (χ1) is 8.26. The molecule has 1 rings (SSSR count). The van der Waals surface area contributed by atoms with E-state index in [1.807, 2.05) is 13.8 Å². The van der Waals surface area contributed by atoms with E-state index in [0.717, 1.165) is 12.8 Å². The van der Waals surface area contributed by atoms with Gasteiger partial charge in [-0.05, 0) is 38.8 Å². The van der Waals surface area contributed by atoms with Crippen molar-refractivity contribution in [2.24, 2.45) is 0 Å². The van der Waals surface area contributed by atoms with Gasteiger partial charge in [0.05, 0.1) is 4.92 Å². The number of anilines is 1. The number of rotatable bonds is 5. The minimum absolute atomic E-state index is 0.00731. The average Bonchev–Trinajstić information content (AvgIpc) is 2.13. The molecule has 0 bridgehead atoms. The molecule has 0 atom stereocenters. The lowest BCUT2D eigenvalue weighted by Crippen LogP contribution is -2.31. The Labute approximate surface area is 111 Å². The Hall–Kier alpha value is -1.43. The van der Waals surface area contributed by atoms with Gasteiger partial charge in [0.25, 0.3) is 0 Å². The standard InChI is InChI=1S/C11H17ClN4O2/c1-5-6-11(3,4)15-9-8(16(17)18)7(2)13-10(12)14-9/h5-6H2,1-4H3,(H,13,14,15). The lowest BCUT2D eigenvalue weighted by Gasteiger charge is -2.26. The molecule has 1 N–H and O–H groups in total. The smallest absolute Gasteiger partial charge is 0.332 e. The van der Waals surface area contributed by atoms with Crippen LogP contribution in [0.3, 0.4) is 0 Å². The van der Waals surface area contributed by atoms with E-state index in [4.69, 9.17) is 11.6 Å². The Balaban J connectivity index is 3.19. The molecule has 0 amide bonds. The minimum Gasteiger partial charge on any atom is -0.359 e. The van der Waals surface area contributed by atoms with Crippen LogP contribution in [0, 0.1) is 17.0 Å². The minimum atomic E-state index is -0.490. The molecule has 0 saturated carbocycles. The summed E-state index contributed by atoms with van der Waals surface area (Å²) in [5.41, 5.74) is -0.151. The first kappa shape index (κ1) is 14.6. The predicted octanol–water partition coefficient (Wildman–Crippen LogP) is 3.34. The SMILES string of the molecule is CCCC(C)(C)Nc1nc(Cl)nc(C)c1[N+](=O)[O-]. The quantitative estimate of drug-likeness (QED) is 0.505. The highest BCUT2D eigenvalue weighted by Gasteiger charge is 2.26. The lowest BCUT2D eigenvalue weighted by molar-refractivity contribution is -0.385.